The lowest BCUT2D eigenvalue weighted by Gasteiger charge is -2.34. The van der Waals surface area contributed by atoms with Gasteiger partial charge in [0.1, 0.15) is 17.6 Å². The average Bonchev–Trinajstić information content (AvgIpc) is 2.78. The molecular weight excluding hydrogens is 452 g/mol. The van der Waals surface area contributed by atoms with Crippen LogP contribution in [0.4, 0.5) is 11.4 Å². The number of benzene rings is 3. The number of hydrogen-bond acceptors (Lipinski definition) is 5. The van der Waals surface area contributed by atoms with Crippen molar-refractivity contribution in [3.63, 3.8) is 0 Å². The van der Waals surface area contributed by atoms with Crippen LogP contribution in [0.1, 0.15) is 6.92 Å². The van der Waals surface area contributed by atoms with Crippen LogP contribution in [0.15, 0.2) is 77.7 Å². The number of rotatable bonds is 6. The SMILES string of the molecule is C[C@H]1CN(S(=O)(=O)c2ccc(NC(=O)COc3ccc(Cl)cc3)cc2)c2ccccc2O1. The third-order valence-corrected chi connectivity index (χ3v) is 6.84. The van der Waals surface area contributed by atoms with E-state index in [9.17, 15) is 13.2 Å². The summed E-state index contributed by atoms with van der Waals surface area (Å²) >= 11 is 5.82. The van der Waals surface area contributed by atoms with Crippen molar-refractivity contribution in [2.75, 3.05) is 22.8 Å². The minimum Gasteiger partial charge on any atom is -0.487 e. The number of carbonyl (C=O) groups excluding carboxylic acids is 1. The van der Waals surface area contributed by atoms with Gasteiger partial charge in [-0.15, -0.1) is 0 Å². The second-order valence-electron chi connectivity index (χ2n) is 7.25. The maximum atomic E-state index is 13.3. The Hall–Kier alpha value is -3.23. The molecule has 3 aromatic carbocycles. The summed E-state index contributed by atoms with van der Waals surface area (Å²) in [5, 5.41) is 3.26. The molecule has 1 heterocycles. The lowest BCUT2D eigenvalue weighted by molar-refractivity contribution is -0.118. The summed E-state index contributed by atoms with van der Waals surface area (Å²) in [4.78, 5) is 12.3. The zero-order valence-electron chi connectivity index (χ0n) is 17.2. The van der Waals surface area contributed by atoms with Crippen molar-refractivity contribution < 1.29 is 22.7 Å². The average molecular weight is 473 g/mol. The fourth-order valence-electron chi connectivity index (χ4n) is 3.29. The monoisotopic (exact) mass is 472 g/mol. The van der Waals surface area contributed by atoms with Crippen LogP contribution in [-0.4, -0.2) is 33.6 Å². The van der Waals surface area contributed by atoms with Gasteiger partial charge in [-0.25, -0.2) is 8.42 Å². The first-order chi connectivity index (χ1) is 15.3. The summed E-state index contributed by atoms with van der Waals surface area (Å²) in [5.41, 5.74) is 0.965. The second kappa shape index (κ2) is 9.10. The van der Waals surface area contributed by atoms with E-state index in [1.54, 1.807) is 60.7 Å². The fourth-order valence-corrected chi connectivity index (χ4v) is 4.97. The van der Waals surface area contributed by atoms with Gasteiger partial charge in [0.25, 0.3) is 15.9 Å². The number of nitrogens with one attached hydrogen (secondary N) is 1. The summed E-state index contributed by atoms with van der Waals surface area (Å²) in [6.45, 7) is 1.84. The number of carbonyl (C=O) groups is 1. The summed E-state index contributed by atoms with van der Waals surface area (Å²) in [6.07, 6.45) is -0.279. The van der Waals surface area contributed by atoms with E-state index >= 15 is 0 Å². The first-order valence-corrected chi connectivity index (χ1v) is 11.7. The quantitative estimate of drug-likeness (QED) is 0.577. The molecule has 0 saturated carbocycles. The largest absolute Gasteiger partial charge is 0.487 e. The zero-order chi connectivity index (χ0) is 22.7. The van der Waals surface area contributed by atoms with Gasteiger partial charge in [0, 0.05) is 10.7 Å². The molecule has 1 aliphatic heterocycles. The van der Waals surface area contributed by atoms with Gasteiger partial charge in [0.05, 0.1) is 17.1 Å². The van der Waals surface area contributed by atoms with Crippen LogP contribution in [0.3, 0.4) is 0 Å². The molecule has 3 aromatic rings. The molecule has 32 heavy (non-hydrogen) atoms. The number of anilines is 2. The smallest absolute Gasteiger partial charge is 0.264 e. The van der Waals surface area contributed by atoms with Crippen LogP contribution < -0.4 is 19.1 Å². The van der Waals surface area contributed by atoms with Crippen molar-refractivity contribution in [2.45, 2.75) is 17.9 Å². The van der Waals surface area contributed by atoms with E-state index in [0.717, 1.165) is 0 Å². The number of halogens is 1. The van der Waals surface area contributed by atoms with Gasteiger partial charge in [-0.3, -0.25) is 9.10 Å². The minimum atomic E-state index is -3.80. The first-order valence-electron chi connectivity index (χ1n) is 9.89. The highest BCUT2D eigenvalue weighted by molar-refractivity contribution is 7.92. The predicted molar refractivity (Wildman–Crippen MR) is 123 cm³/mol. The van der Waals surface area contributed by atoms with E-state index in [2.05, 4.69) is 5.32 Å². The number of sulfonamides is 1. The number of amides is 1. The Kier molecular flexibility index (Phi) is 6.25. The van der Waals surface area contributed by atoms with E-state index in [-0.39, 0.29) is 30.1 Å². The van der Waals surface area contributed by atoms with Gasteiger partial charge in [-0.05, 0) is 67.6 Å². The number of nitrogens with zero attached hydrogens (tertiary/aromatic N) is 1. The number of hydrogen-bond donors (Lipinski definition) is 1. The first kappa shape index (κ1) is 22.0. The highest BCUT2D eigenvalue weighted by atomic mass is 35.5. The van der Waals surface area contributed by atoms with Gasteiger partial charge < -0.3 is 14.8 Å². The summed E-state index contributed by atoms with van der Waals surface area (Å²) in [6, 6.07) is 19.7. The molecule has 0 radical (unpaired) electrons. The molecule has 1 N–H and O–H groups in total. The maximum Gasteiger partial charge on any atom is 0.264 e. The lowest BCUT2D eigenvalue weighted by atomic mass is 10.2. The molecule has 0 unspecified atom stereocenters. The summed E-state index contributed by atoms with van der Waals surface area (Å²) < 4.78 is 39.0. The molecule has 0 fully saturated rings. The Bertz CT molecular complexity index is 1210. The molecule has 9 heteroatoms. The van der Waals surface area contributed by atoms with E-state index in [0.29, 0.717) is 27.9 Å². The maximum absolute atomic E-state index is 13.3. The molecule has 4 rings (SSSR count). The fraction of sp³-hybridized carbons (Fsp3) is 0.174. The van der Waals surface area contributed by atoms with Gasteiger partial charge in [0.2, 0.25) is 0 Å². The van der Waals surface area contributed by atoms with Crippen molar-refractivity contribution >= 4 is 38.9 Å². The Morgan fingerprint density at radius 1 is 1.09 bits per heavy atom. The molecule has 0 aliphatic carbocycles. The highest BCUT2D eigenvalue weighted by Gasteiger charge is 2.32. The van der Waals surface area contributed by atoms with Gasteiger partial charge in [0.15, 0.2) is 6.61 Å². The summed E-state index contributed by atoms with van der Waals surface area (Å²) in [7, 11) is -3.80. The Labute approximate surface area is 191 Å². The normalized spacial score (nSPS) is 15.4. The molecule has 1 atom stereocenters. The van der Waals surface area contributed by atoms with E-state index in [1.165, 1.54) is 16.4 Å². The highest BCUT2D eigenvalue weighted by Crippen LogP contribution is 2.36. The third-order valence-electron chi connectivity index (χ3n) is 4.79. The van der Waals surface area contributed by atoms with Crippen LogP contribution in [-0.2, 0) is 14.8 Å². The standard InChI is InChI=1S/C23H21ClN2O5S/c1-16-14-26(21-4-2-3-5-22(21)31-16)32(28,29)20-12-8-18(9-13-20)25-23(27)15-30-19-10-6-17(24)7-11-19/h2-13,16H,14-15H2,1H3,(H,25,27)/t16-/m0/s1. The third kappa shape index (κ3) is 4.81. The lowest BCUT2D eigenvalue weighted by Crippen LogP contribution is -2.42. The van der Waals surface area contributed by atoms with Crippen molar-refractivity contribution in [1.29, 1.82) is 0 Å². The van der Waals surface area contributed by atoms with Crippen molar-refractivity contribution in [2.24, 2.45) is 0 Å². The molecule has 0 spiro atoms. The zero-order valence-corrected chi connectivity index (χ0v) is 18.8. The van der Waals surface area contributed by atoms with Crippen molar-refractivity contribution in [3.8, 4) is 11.5 Å². The van der Waals surface area contributed by atoms with Gasteiger partial charge in [-0.1, -0.05) is 23.7 Å². The molecule has 1 aliphatic rings. The number of ether oxygens (including phenoxy) is 2. The van der Waals surface area contributed by atoms with Crippen molar-refractivity contribution in [1.82, 2.24) is 0 Å². The molecule has 7 nitrogen and oxygen atoms in total. The molecular formula is C23H21ClN2O5S. The van der Waals surface area contributed by atoms with E-state index in [1.807, 2.05) is 6.92 Å². The van der Waals surface area contributed by atoms with E-state index < -0.39 is 10.0 Å². The second-order valence-corrected chi connectivity index (χ2v) is 9.55. The minimum absolute atomic E-state index is 0.122. The summed E-state index contributed by atoms with van der Waals surface area (Å²) in [5.74, 6) is 0.678. The predicted octanol–water partition coefficient (Wildman–Crippen LogP) is 4.33. The van der Waals surface area contributed by atoms with Crippen LogP contribution in [0.25, 0.3) is 0 Å². The Morgan fingerprint density at radius 2 is 1.78 bits per heavy atom. The molecule has 0 saturated heterocycles. The molecule has 0 aromatic heterocycles. The Balaban J connectivity index is 1.44. The van der Waals surface area contributed by atoms with Gasteiger partial charge in [-0.2, -0.15) is 0 Å². The van der Waals surface area contributed by atoms with Crippen LogP contribution >= 0.6 is 11.6 Å². The molecule has 1 amide bonds. The van der Waals surface area contributed by atoms with Crippen LogP contribution in [0.2, 0.25) is 5.02 Å². The van der Waals surface area contributed by atoms with Crippen LogP contribution in [0, 0.1) is 0 Å². The topological polar surface area (TPSA) is 84.9 Å². The van der Waals surface area contributed by atoms with Crippen LogP contribution in [0.5, 0.6) is 11.5 Å². The Morgan fingerprint density at radius 3 is 2.50 bits per heavy atom. The number of para-hydroxylation sites is 2. The van der Waals surface area contributed by atoms with Gasteiger partial charge >= 0.3 is 0 Å². The van der Waals surface area contributed by atoms with Crippen molar-refractivity contribution in [3.05, 3.63) is 77.8 Å². The van der Waals surface area contributed by atoms with E-state index in [4.69, 9.17) is 21.1 Å². The molecule has 166 valence electrons. The molecule has 0 bridgehead atoms. The number of fused-ring (bicyclic) bond motifs is 1.